The fraction of sp³-hybridized carbons (Fsp3) is 0.353. The molecule has 1 aromatic heterocycles. The Balaban J connectivity index is 1.11. The molecule has 2 heterocycles. The van der Waals surface area contributed by atoms with Crippen molar-refractivity contribution in [1.29, 1.82) is 0 Å². The number of halogens is 3. The highest BCUT2D eigenvalue weighted by Crippen LogP contribution is 2.32. The van der Waals surface area contributed by atoms with E-state index in [4.69, 9.17) is 0 Å². The number of amides is 2. The number of nitrogens with one attached hydrogen (secondary N) is 1. The van der Waals surface area contributed by atoms with Crippen LogP contribution in [0.3, 0.4) is 0 Å². The quantitative estimate of drug-likeness (QED) is 0.197. The van der Waals surface area contributed by atoms with E-state index >= 15 is 0 Å². The number of benzene rings is 3. The molecule has 4 aromatic rings. The van der Waals surface area contributed by atoms with Crippen molar-refractivity contribution < 1.29 is 22.7 Å². The van der Waals surface area contributed by atoms with Crippen molar-refractivity contribution in [3.8, 4) is 22.8 Å². The summed E-state index contributed by atoms with van der Waals surface area (Å²) < 4.78 is 42.7. The van der Waals surface area contributed by atoms with Crippen molar-refractivity contribution >= 4 is 28.6 Å². The molecule has 0 radical (unpaired) electrons. The van der Waals surface area contributed by atoms with Gasteiger partial charge in [-0.25, -0.2) is 14.5 Å². The number of nitrogens with zero attached hydrogens (tertiary/aromatic N) is 5. The number of amidine groups is 1. The van der Waals surface area contributed by atoms with Crippen LogP contribution in [-0.4, -0.2) is 51.2 Å². The third kappa shape index (κ3) is 8.68. The minimum absolute atomic E-state index is 0.299. The van der Waals surface area contributed by atoms with Crippen molar-refractivity contribution in [1.82, 2.24) is 20.1 Å². The molecule has 1 aliphatic heterocycles. The Morgan fingerprint density at radius 2 is 1.76 bits per heavy atom. The number of thioether (sulfide) groups is 1. The van der Waals surface area contributed by atoms with Gasteiger partial charge in [0.05, 0.1) is 5.69 Å². The molecular formula is C34H37F3N6O2S. The van der Waals surface area contributed by atoms with Crippen LogP contribution in [0.5, 0.6) is 5.75 Å². The van der Waals surface area contributed by atoms with Crippen LogP contribution in [0.4, 0.5) is 23.7 Å². The third-order valence-electron chi connectivity index (χ3n) is 7.63. The molecule has 1 unspecified atom stereocenters. The lowest BCUT2D eigenvalue weighted by Crippen LogP contribution is -2.37. The first-order valence-corrected chi connectivity index (χ1v) is 16.2. The summed E-state index contributed by atoms with van der Waals surface area (Å²) in [5, 5.41) is 8.19. The number of ether oxygens (including phenoxy) is 1. The molecule has 8 nitrogen and oxygen atoms in total. The molecule has 12 heteroatoms. The molecule has 5 rings (SSSR count). The van der Waals surface area contributed by atoms with Gasteiger partial charge < -0.3 is 15.0 Å². The first-order chi connectivity index (χ1) is 21.9. The van der Waals surface area contributed by atoms with E-state index < -0.39 is 6.36 Å². The van der Waals surface area contributed by atoms with Gasteiger partial charge in [0, 0.05) is 30.1 Å². The Kier molecular flexibility index (Phi) is 10.4. The topological polar surface area (TPSA) is 84.6 Å². The molecular weight excluding hydrogens is 613 g/mol. The Hall–Kier alpha value is -4.32. The summed E-state index contributed by atoms with van der Waals surface area (Å²) in [4.78, 5) is 23.8. The molecule has 0 saturated carbocycles. The van der Waals surface area contributed by atoms with Gasteiger partial charge in [0.25, 0.3) is 0 Å². The summed E-state index contributed by atoms with van der Waals surface area (Å²) in [5.41, 5.74) is 7.28. The molecule has 1 N–H and O–H groups in total. The smallest absolute Gasteiger partial charge is 0.406 e. The van der Waals surface area contributed by atoms with E-state index in [1.54, 1.807) is 11.8 Å². The molecule has 0 spiro atoms. The number of carbonyl (C=O) groups excluding carboxylic acids is 1. The average Bonchev–Trinajstić information content (AvgIpc) is 3.48. The van der Waals surface area contributed by atoms with Crippen LogP contribution in [0.25, 0.3) is 17.1 Å². The highest BCUT2D eigenvalue weighted by Gasteiger charge is 2.31. The number of hydrogen-bond donors (Lipinski definition) is 1. The van der Waals surface area contributed by atoms with E-state index in [2.05, 4.69) is 69.9 Å². The summed E-state index contributed by atoms with van der Waals surface area (Å²) in [7, 11) is 0. The van der Waals surface area contributed by atoms with Gasteiger partial charge in [-0.15, -0.1) is 18.3 Å². The average molecular weight is 651 g/mol. The van der Waals surface area contributed by atoms with Gasteiger partial charge in [0.15, 0.2) is 11.0 Å². The zero-order valence-corrected chi connectivity index (χ0v) is 27.1. The van der Waals surface area contributed by atoms with Gasteiger partial charge >= 0.3 is 12.4 Å². The van der Waals surface area contributed by atoms with Gasteiger partial charge in [-0.05, 0) is 86.9 Å². The number of carbonyl (C=O) groups is 1. The molecule has 242 valence electrons. The minimum atomic E-state index is -4.74. The molecule has 1 atom stereocenters. The lowest BCUT2D eigenvalue weighted by atomic mass is 9.97. The fourth-order valence-electron chi connectivity index (χ4n) is 5.62. The zero-order chi connectivity index (χ0) is 32.8. The molecule has 2 amide bonds. The van der Waals surface area contributed by atoms with Crippen molar-refractivity contribution in [3.05, 3.63) is 89.2 Å². The number of anilines is 1. The van der Waals surface area contributed by atoms with Crippen LogP contribution in [0.1, 0.15) is 42.0 Å². The summed E-state index contributed by atoms with van der Waals surface area (Å²) in [6.07, 6.45) is -0.537. The molecule has 1 aliphatic rings. The highest BCUT2D eigenvalue weighted by molar-refractivity contribution is 8.14. The van der Waals surface area contributed by atoms with E-state index in [1.165, 1.54) is 52.0 Å². The summed E-state index contributed by atoms with van der Waals surface area (Å²) >= 11 is 1.63. The van der Waals surface area contributed by atoms with Gasteiger partial charge in [-0.2, -0.15) is 4.99 Å². The maximum atomic E-state index is 12.8. The van der Waals surface area contributed by atoms with Crippen molar-refractivity contribution in [2.75, 3.05) is 23.7 Å². The molecule has 0 aliphatic carbocycles. The predicted octanol–water partition coefficient (Wildman–Crippen LogP) is 8.04. The zero-order valence-electron chi connectivity index (χ0n) is 26.3. The van der Waals surface area contributed by atoms with Crippen LogP contribution < -0.4 is 15.0 Å². The largest absolute Gasteiger partial charge is 0.573 e. The maximum absolute atomic E-state index is 12.8. The third-order valence-corrected chi connectivity index (χ3v) is 8.69. The van der Waals surface area contributed by atoms with E-state index in [1.807, 2.05) is 24.3 Å². The first kappa shape index (κ1) is 33.1. The monoisotopic (exact) mass is 650 g/mol. The summed E-state index contributed by atoms with van der Waals surface area (Å²) in [5.74, 6) is 1.48. The highest BCUT2D eigenvalue weighted by atomic mass is 32.2. The second-order valence-electron chi connectivity index (χ2n) is 11.6. The van der Waals surface area contributed by atoms with Crippen LogP contribution in [0, 0.1) is 26.7 Å². The summed E-state index contributed by atoms with van der Waals surface area (Å²) in [6.45, 7) is 9.85. The van der Waals surface area contributed by atoms with Crippen LogP contribution in [0.15, 0.2) is 72.0 Å². The van der Waals surface area contributed by atoms with E-state index in [0.29, 0.717) is 24.0 Å². The standard InChI is InChI=1S/C34H37F3N6O2S/c1-22(14-15-38-32(44)40-33-42(16-5-17-46-33)30-24(3)18-23(2)19-25(30)4)20-26-6-8-27(9-7-26)31-39-21-43(41-31)28-10-12-29(13-11-28)45-34(35,36)37/h6-13,18-19,21-22H,5,14-17,20H2,1-4H3,(H,38,44). The van der Waals surface area contributed by atoms with Crippen molar-refractivity contribution in [2.24, 2.45) is 10.9 Å². The molecule has 0 bridgehead atoms. The Bertz CT molecular complexity index is 1660. The normalized spacial score (nSPS) is 15.2. The van der Waals surface area contributed by atoms with Crippen molar-refractivity contribution in [3.63, 3.8) is 0 Å². The van der Waals surface area contributed by atoms with E-state index in [-0.39, 0.29) is 11.8 Å². The number of aliphatic imine (C=N–C) groups is 1. The van der Waals surface area contributed by atoms with Gasteiger partial charge in [-0.3, -0.25) is 0 Å². The molecule has 1 fully saturated rings. The lowest BCUT2D eigenvalue weighted by Gasteiger charge is -2.32. The van der Waals surface area contributed by atoms with Gasteiger partial charge in [0.1, 0.15) is 12.1 Å². The molecule has 1 saturated heterocycles. The predicted molar refractivity (Wildman–Crippen MR) is 177 cm³/mol. The Labute approximate surface area is 271 Å². The number of aryl methyl sites for hydroxylation is 3. The van der Waals surface area contributed by atoms with Crippen LogP contribution in [-0.2, 0) is 6.42 Å². The molecule has 46 heavy (non-hydrogen) atoms. The number of urea groups is 1. The first-order valence-electron chi connectivity index (χ1n) is 15.2. The Morgan fingerprint density at radius 3 is 2.43 bits per heavy atom. The number of aromatic nitrogens is 3. The number of hydrogen-bond acceptors (Lipinski definition) is 5. The van der Waals surface area contributed by atoms with Gasteiger partial charge in [0.2, 0.25) is 0 Å². The van der Waals surface area contributed by atoms with Crippen LogP contribution >= 0.6 is 11.8 Å². The van der Waals surface area contributed by atoms with Crippen LogP contribution in [0.2, 0.25) is 0 Å². The van der Waals surface area contributed by atoms with E-state index in [0.717, 1.165) is 53.5 Å². The van der Waals surface area contributed by atoms with Crippen molar-refractivity contribution in [2.45, 2.75) is 53.3 Å². The van der Waals surface area contributed by atoms with Gasteiger partial charge in [-0.1, -0.05) is 60.6 Å². The second kappa shape index (κ2) is 14.4. The Morgan fingerprint density at radius 1 is 1.07 bits per heavy atom. The lowest BCUT2D eigenvalue weighted by molar-refractivity contribution is -0.274. The molecule has 3 aromatic carbocycles. The second-order valence-corrected chi connectivity index (χ2v) is 12.6. The SMILES string of the molecule is Cc1cc(C)c(N2CCCSC2=NC(=O)NCCC(C)Cc2ccc(-c3ncn(-c4ccc(OC(F)(F)F)cc4)n3)cc2)c(C)c1. The fourth-order valence-corrected chi connectivity index (χ4v) is 6.57. The van der Waals surface area contributed by atoms with E-state index in [9.17, 15) is 18.0 Å². The maximum Gasteiger partial charge on any atom is 0.573 e. The summed E-state index contributed by atoms with van der Waals surface area (Å²) in [6, 6.07) is 17.4. The number of rotatable bonds is 9. The minimum Gasteiger partial charge on any atom is -0.406 e. The number of alkyl halides is 3.